The van der Waals surface area contributed by atoms with Gasteiger partial charge in [0.1, 0.15) is 5.82 Å². The fourth-order valence-electron chi connectivity index (χ4n) is 1.31. The summed E-state index contributed by atoms with van der Waals surface area (Å²) in [7, 11) is 0. The Bertz CT molecular complexity index is 503. The van der Waals surface area contributed by atoms with Crippen molar-refractivity contribution in [1.29, 1.82) is 0 Å². The molecule has 0 aliphatic carbocycles. The first-order valence-electron chi connectivity index (χ1n) is 4.29. The molecule has 0 aliphatic heterocycles. The molecule has 0 bridgehead atoms. The molecule has 0 saturated heterocycles. The molecule has 0 radical (unpaired) electrons. The zero-order chi connectivity index (χ0) is 11.0. The molecule has 0 spiro atoms. The molecule has 0 unspecified atom stereocenters. The van der Waals surface area contributed by atoms with Crippen LogP contribution in [0.2, 0.25) is 0 Å². The first-order valence-corrected chi connectivity index (χ1v) is 5.11. The van der Waals surface area contributed by atoms with Gasteiger partial charge in [-0.1, -0.05) is 0 Å². The Kier molecular flexibility index (Phi) is 2.52. The minimum Gasteiger partial charge on any atom is -0.207 e. The first-order chi connectivity index (χ1) is 7.08. The molecule has 0 saturated carbocycles. The number of hydrogen-bond acceptors (Lipinski definition) is 1. The predicted molar refractivity (Wildman–Crippen MR) is 54.4 cm³/mol. The molecule has 0 fully saturated rings. The Morgan fingerprint density at radius 3 is 2.40 bits per heavy atom. The Labute approximate surface area is 89.0 Å². The average Bonchev–Trinajstić information content (AvgIpc) is 2.58. The maximum Gasteiger partial charge on any atom is 0.167 e. The summed E-state index contributed by atoms with van der Waals surface area (Å²) >= 11 is 1.30. The molecule has 1 aromatic heterocycles. The van der Waals surface area contributed by atoms with Crippen LogP contribution in [0.25, 0.3) is 10.4 Å². The van der Waals surface area contributed by atoms with Crippen LogP contribution in [0.1, 0.15) is 4.88 Å². The monoisotopic (exact) mass is 228 g/mol. The van der Waals surface area contributed by atoms with Crippen molar-refractivity contribution >= 4 is 11.3 Å². The predicted octanol–water partition coefficient (Wildman–Crippen LogP) is 4.14. The quantitative estimate of drug-likeness (QED) is 0.643. The molecule has 1 heterocycles. The number of thiophene rings is 1. The van der Waals surface area contributed by atoms with Crippen molar-refractivity contribution in [2.24, 2.45) is 0 Å². The lowest BCUT2D eigenvalue weighted by atomic mass is 10.1. The summed E-state index contributed by atoms with van der Waals surface area (Å²) in [5.41, 5.74) is -0.0226. The molecule has 15 heavy (non-hydrogen) atoms. The van der Waals surface area contributed by atoms with Crippen LogP contribution in [0, 0.1) is 24.4 Å². The van der Waals surface area contributed by atoms with Crippen LogP contribution in [0.15, 0.2) is 24.3 Å². The molecule has 0 N–H and O–H groups in total. The van der Waals surface area contributed by atoms with E-state index in [2.05, 4.69) is 0 Å². The first kappa shape index (κ1) is 10.2. The largest absolute Gasteiger partial charge is 0.207 e. The number of aryl methyl sites for hydroxylation is 1. The number of hydrogen-bond donors (Lipinski definition) is 0. The van der Waals surface area contributed by atoms with E-state index < -0.39 is 17.5 Å². The van der Waals surface area contributed by atoms with E-state index in [4.69, 9.17) is 0 Å². The Morgan fingerprint density at radius 2 is 1.80 bits per heavy atom. The molecule has 4 heteroatoms. The summed E-state index contributed by atoms with van der Waals surface area (Å²) in [4.78, 5) is 1.50. The molecule has 2 rings (SSSR count). The highest BCUT2D eigenvalue weighted by Crippen LogP contribution is 2.31. The van der Waals surface area contributed by atoms with Gasteiger partial charge in [-0.25, -0.2) is 13.2 Å². The minimum atomic E-state index is -1.16. The van der Waals surface area contributed by atoms with Gasteiger partial charge in [0.25, 0.3) is 0 Å². The van der Waals surface area contributed by atoms with E-state index in [1.807, 2.05) is 6.92 Å². The Balaban J connectivity index is 2.62. The van der Waals surface area contributed by atoms with Crippen LogP contribution in [-0.4, -0.2) is 0 Å². The number of benzene rings is 1. The lowest BCUT2D eigenvalue weighted by molar-refractivity contribution is 0.498. The third kappa shape index (κ3) is 1.90. The summed E-state index contributed by atoms with van der Waals surface area (Å²) in [5, 5.41) is 0. The van der Waals surface area contributed by atoms with E-state index in [-0.39, 0.29) is 5.56 Å². The average molecular weight is 228 g/mol. The molecule has 2 aromatic rings. The second-order valence-corrected chi connectivity index (χ2v) is 4.45. The van der Waals surface area contributed by atoms with Crippen molar-refractivity contribution in [3.05, 3.63) is 46.6 Å². The van der Waals surface area contributed by atoms with Gasteiger partial charge in [0.05, 0.1) is 0 Å². The maximum atomic E-state index is 13.3. The highest BCUT2D eigenvalue weighted by atomic mass is 32.1. The third-order valence-electron chi connectivity index (χ3n) is 2.00. The second-order valence-electron chi connectivity index (χ2n) is 3.16. The summed E-state index contributed by atoms with van der Waals surface area (Å²) in [6.45, 7) is 1.85. The minimum absolute atomic E-state index is 0.0226. The van der Waals surface area contributed by atoms with Crippen LogP contribution >= 0.6 is 11.3 Å². The van der Waals surface area contributed by atoms with Crippen molar-refractivity contribution in [3.8, 4) is 10.4 Å². The SMILES string of the molecule is Cc1ccc(-c2cc(F)cc(F)c2F)s1. The van der Waals surface area contributed by atoms with Gasteiger partial charge in [-0.3, -0.25) is 0 Å². The normalized spacial score (nSPS) is 10.7. The molecule has 0 atom stereocenters. The summed E-state index contributed by atoms with van der Waals surface area (Å²) in [5.74, 6) is -2.93. The fourth-order valence-corrected chi connectivity index (χ4v) is 2.19. The molecular formula is C11H7F3S. The van der Waals surface area contributed by atoms with E-state index in [1.54, 1.807) is 12.1 Å². The van der Waals surface area contributed by atoms with Crippen molar-refractivity contribution < 1.29 is 13.2 Å². The lowest BCUT2D eigenvalue weighted by Crippen LogP contribution is -1.90. The van der Waals surface area contributed by atoms with Crippen molar-refractivity contribution in [2.75, 3.05) is 0 Å². The van der Waals surface area contributed by atoms with E-state index in [9.17, 15) is 13.2 Å². The summed E-state index contributed by atoms with van der Waals surface area (Å²) in [6, 6.07) is 4.97. The van der Waals surface area contributed by atoms with Gasteiger partial charge in [-0.05, 0) is 25.1 Å². The van der Waals surface area contributed by atoms with Crippen molar-refractivity contribution in [3.63, 3.8) is 0 Å². The topological polar surface area (TPSA) is 0 Å². The van der Waals surface area contributed by atoms with Gasteiger partial charge in [-0.2, -0.15) is 0 Å². The summed E-state index contributed by atoms with van der Waals surface area (Å²) < 4.78 is 39.2. The van der Waals surface area contributed by atoms with Crippen LogP contribution in [0.4, 0.5) is 13.2 Å². The highest BCUT2D eigenvalue weighted by molar-refractivity contribution is 7.15. The van der Waals surface area contributed by atoms with Crippen LogP contribution in [0.3, 0.4) is 0 Å². The Hall–Kier alpha value is -1.29. The van der Waals surface area contributed by atoms with Crippen LogP contribution in [-0.2, 0) is 0 Å². The van der Waals surface area contributed by atoms with Gasteiger partial charge >= 0.3 is 0 Å². The van der Waals surface area contributed by atoms with Gasteiger partial charge < -0.3 is 0 Å². The molecule has 0 nitrogen and oxygen atoms in total. The molecule has 78 valence electrons. The number of rotatable bonds is 1. The van der Waals surface area contributed by atoms with Gasteiger partial charge in [-0.15, -0.1) is 11.3 Å². The molecule has 0 aliphatic rings. The fraction of sp³-hybridized carbons (Fsp3) is 0.0909. The standard InChI is InChI=1S/C11H7F3S/c1-6-2-3-10(15-6)8-4-7(12)5-9(13)11(8)14/h2-5H,1H3. The molecular weight excluding hydrogens is 221 g/mol. The molecule has 0 amide bonds. The van der Waals surface area contributed by atoms with Crippen LogP contribution < -0.4 is 0 Å². The maximum absolute atomic E-state index is 13.3. The summed E-state index contributed by atoms with van der Waals surface area (Å²) in [6.07, 6.45) is 0. The van der Waals surface area contributed by atoms with Gasteiger partial charge in [0.2, 0.25) is 0 Å². The van der Waals surface area contributed by atoms with E-state index in [0.717, 1.165) is 10.9 Å². The third-order valence-corrected chi connectivity index (χ3v) is 3.03. The zero-order valence-corrected chi connectivity index (χ0v) is 8.67. The zero-order valence-electron chi connectivity index (χ0n) is 7.85. The van der Waals surface area contributed by atoms with E-state index >= 15 is 0 Å². The highest BCUT2D eigenvalue weighted by Gasteiger charge is 2.13. The van der Waals surface area contributed by atoms with Gasteiger partial charge in [0.15, 0.2) is 11.6 Å². The second kappa shape index (κ2) is 3.70. The van der Waals surface area contributed by atoms with Crippen molar-refractivity contribution in [1.82, 2.24) is 0 Å². The smallest absolute Gasteiger partial charge is 0.167 e. The van der Waals surface area contributed by atoms with Crippen molar-refractivity contribution in [2.45, 2.75) is 6.92 Å². The van der Waals surface area contributed by atoms with E-state index in [1.165, 1.54) is 11.3 Å². The van der Waals surface area contributed by atoms with E-state index in [0.29, 0.717) is 10.9 Å². The van der Waals surface area contributed by atoms with Gasteiger partial charge in [0, 0.05) is 21.4 Å². The number of halogens is 3. The Morgan fingerprint density at radius 1 is 1.07 bits per heavy atom. The lowest BCUT2D eigenvalue weighted by Gasteiger charge is -2.01. The van der Waals surface area contributed by atoms with Crippen LogP contribution in [0.5, 0.6) is 0 Å². The molecule has 1 aromatic carbocycles.